The number of anilines is 1. The molecule has 0 aliphatic heterocycles. The number of hydrogen-bond acceptors (Lipinski definition) is 3. The highest BCUT2D eigenvalue weighted by Crippen LogP contribution is 2.27. The van der Waals surface area contributed by atoms with Gasteiger partial charge in [-0.2, -0.15) is 0 Å². The molecule has 0 radical (unpaired) electrons. The molecule has 1 aromatic carbocycles. The number of imidazole rings is 1. The molecule has 0 saturated heterocycles. The highest BCUT2D eigenvalue weighted by atomic mass is 32.2. The number of aryl methyl sites for hydroxylation is 1. The Kier molecular flexibility index (Phi) is 5.74. The van der Waals surface area contributed by atoms with Crippen molar-refractivity contribution in [2.45, 2.75) is 31.3 Å². The predicted molar refractivity (Wildman–Crippen MR) is 87.2 cm³/mol. The molecule has 2 aromatic rings. The van der Waals surface area contributed by atoms with Crippen molar-refractivity contribution in [1.82, 2.24) is 9.55 Å². The molecule has 0 bridgehead atoms. The van der Waals surface area contributed by atoms with Gasteiger partial charge in [0, 0.05) is 35.3 Å². The second kappa shape index (κ2) is 7.80. The van der Waals surface area contributed by atoms with Gasteiger partial charge in [0.05, 0.1) is 6.54 Å². The van der Waals surface area contributed by atoms with Crippen LogP contribution in [0, 0.1) is 0 Å². The fourth-order valence-corrected chi connectivity index (χ4v) is 2.78. The highest BCUT2D eigenvalue weighted by molar-refractivity contribution is 7.99. The number of nitrogens with one attached hydrogen (secondary N) is 1. The first-order valence-electron chi connectivity index (χ1n) is 6.91. The van der Waals surface area contributed by atoms with E-state index < -0.39 is 0 Å². The molecule has 2 rings (SSSR count). The van der Waals surface area contributed by atoms with E-state index >= 15 is 0 Å². The molecule has 0 spiro atoms. The van der Waals surface area contributed by atoms with Gasteiger partial charge in [-0.1, -0.05) is 25.1 Å². The second-order valence-electron chi connectivity index (χ2n) is 4.49. The summed E-state index contributed by atoms with van der Waals surface area (Å²) in [6.07, 6.45) is 6.95. The molecule has 0 amide bonds. The maximum atomic E-state index is 4.42. The molecule has 106 valence electrons. The van der Waals surface area contributed by atoms with Gasteiger partial charge >= 0.3 is 0 Å². The summed E-state index contributed by atoms with van der Waals surface area (Å²) in [5.41, 5.74) is 1.16. The Hall–Kier alpha value is -1.68. The van der Waals surface area contributed by atoms with E-state index in [2.05, 4.69) is 52.6 Å². The maximum absolute atomic E-state index is 4.42. The third-order valence-electron chi connectivity index (χ3n) is 2.95. The van der Waals surface area contributed by atoms with E-state index in [1.54, 1.807) is 11.8 Å². The monoisotopic (exact) mass is 287 g/mol. The van der Waals surface area contributed by atoms with Crippen LogP contribution in [0.2, 0.25) is 0 Å². The van der Waals surface area contributed by atoms with Gasteiger partial charge in [-0.15, -0.1) is 18.3 Å². The first-order valence-corrected chi connectivity index (χ1v) is 7.90. The van der Waals surface area contributed by atoms with E-state index in [1.165, 1.54) is 4.90 Å². The number of benzene rings is 1. The van der Waals surface area contributed by atoms with Crippen LogP contribution in [0.5, 0.6) is 0 Å². The highest BCUT2D eigenvalue weighted by Gasteiger charge is 2.04. The van der Waals surface area contributed by atoms with E-state index in [9.17, 15) is 0 Å². The third kappa shape index (κ3) is 3.90. The normalized spacial score (nSPS) is 10.4. The number of thioether (sulfide) groups is 1. The lowest BCUT2D eigenvalue weighted by Gasteiger charge is -2.12. The first kappa shape index (κ1) is 14.7. The van der Waals surface area contributed by atoms with Gasteiger partial charge in [0.15, 0.2) is 0 Å². The molecular weight excluding hydrogens is 266 g/mol. The minimum Gasteiger partial charge on any atom is -0.377 e. The molecule has 3 nitrogen and oxygen atoms in total. The topological polar surface area (TPSA) is 29.9 Å². The van der Waals surface area contributed by atoms with Crippen LogP contribution in [-0.2, 0) is 13.1 Å². The Labute approximate surface area is 125 Å². The number of rotatable bonds is 8. The molecule has 1 aromatic heterocycles. The summed E-state index contributed by atoms with van der Waals surface area (Å²) in [7, 11) is 0. The Morgan fingerprint density at radius 1 is 1.40 bits per heavy atom. The summed E-state index contributed by atoms with van der Waals surface area (Å²) >= 11 is 1.79. The van der Waals surface area contributed by atoms with Gasteiger partial charge in [0.1, 0.15) is 5.82 Å². The lowest BCUT2D eigenvalue weighted by Crippen LogP contribution is -2.08. The SMILES string of the molecule is C=CCSc1ccccc1NCc1nccn1CCC. The molecule has 4 heteroatoms. The van der Waals surface area contributed by atoms with Gasteiger partial charge in [0.25, 0.3) is 0 Å². The van der Waals surface area contributed by atoms with E-state index in [0.717, 1.165) is 36.8 Å². The van der Waals surface area contributed by atoms with E-state index in [-0.39, 0.29) is 0 Å². The van der Waals surface area contributed by atoms with Crippen LogP contribution >= 0.6 is 11.8 Å². The molecule has 0 aliphatic carbocycles. The molecule has 1 N–H and O–H groups in total. The van der Waals surface area contributed by atoms with E-state index in [4.69, 9.17) is 0 Å². The average Bonchev–Trinajstić information content (AvgIpc) is 2.91. The Balaban J connectivity index is 2.02. The maximum Gasteiger partial charge on any atom is 0.128 e. The Morgan fingerprint density at radius 3 is 3.05 bits per heavy atom. The third-order valence-corrected chi connectivity index (χ3v) is 4.02. The molecule has 1 heterocycles. The van der Waals surface area contributed by atoms with Crippen molar-refractivity contribution in [3.8, 4) is 0 Å². The van der Waals surface area contributed by atoms with Crippen LogP contribution in [-0.4, -0.2) is 15.3 Å². The van der Waals surface area contributed by atoms with Crippen LogP contribution in [0.3, 0.4) is 0 Å². The van der Waals surface area contributed by atoms with Crippen molar-refractivity contribution in [2.24, 2.45) is 0 Å². The van der Waals surface area contributed by atoms with Gasteiger partial charge < -0.3 is 9.88 Å². The van der Waals surface area contributed by atoms with Gasteiger partial charge in [-0.3, -0.25) is 0 Å². The Morgan fingerprint density at radius 2 is 2.25 bits per heavy atom. The van der Waals surface area contributed by atoms with Gasteiger partial charge in [-0.05, 0) is 18.6 Å². The van der Waals surface area contributed by atoms with Crippen LogP contribution < -0.4 is 5.32 Å². The minimum absolute atomic E-state index is 0.749. The number of hydrogen-bond donors (Lipinski definition) is 1. The van der Waals surface area contributed by atoms with Crippen LogP contribution in [0.4, 0.5) is 5.69 Å². The first-order chi connectivity index (χ1) is 9.85. The van der Waals surface area contributed by atoms with Crippen molar-refractivity contribution >= 4 is 17.4 Å². The molecule has 20 heavy (non-hydrogen) atoms. The second-order valence-corrected chi connectivity index (χ2v) is 5.55. The molecule has 0 fully saturated rings. The smallest absolute Gasteiger partial charge is 0.128 e. The van der Waals surface area contributed by atoms with Crippen LogP contribution in [0.25, 0.3) is 0 Å². The van der Waals surface area contributed by atoms with E-state index in [0.29, 0.717) is 0 Å². The molecular formula is C16H21N3S. The summed E-state index contributed by atoms with van der Waals surface area (Å²) in [5, 5.41) is 3.48. The molecule has 0 saturated carbocycles. The summed E-state index contributed by atoms with van der Waals surface area (Å²) < 4.78 is 2.20. The van der Waals surface area contributed by atoms with Crippen molar-refractivity contribution in [2.75, 3.05) is 11.1 Å². The predicted octanol–water partition coefficient (Wildman–Crippen LogP) is 4.18. The number of aromatic nitrogens is 2. The van der Waals surface area contributed by atoms with Crippen molar-refractivity contribution in [3.05, 3.63) is 55.1 Å². The lowest BCUT2D eigenvalue weighted by atomic mass is 10.3. The quantitative estimate of drug-likeness (QED) is 0.583. The van der Waals surface area contributed by atoms with Gasteiger partial charge in [0.2, 0.25) is 0 Å². The zero-order valence-corrected chi connectivity index (χ0v) is 12.7. The average molecular weight is 287 g/mol. The molecule has 0 atom stereocenters. The lowest BCUT2D eigenvalue weighted by molar-refractivity contribution is 0.644. The minimum atomic E-state index is 0.749. The summed E-state index contributed by atoms with van der Waals surface area (Å²) in [6, 6.07) is 8.36. The van der Waals surface area contributed by atoms with Crippen LogP contribution in [0.1, 0.15) is 19.2 Å². The van der Waals surface area contributed by atoms with E-state index in [1.807, 2.05) is 18.5 Å². The fourth-order valence-electron chi connectivity index (χ4n) is 2.01. The fraction of sp³-hybridized carbons (Fsp3) is 0.312. The van der Waals surface area contributed by atoms with Gasteiger partial charge in [-0.25, -0.2) is 4.98 Å². The zero-order chi connectivity index (χ0) is 14.2. The summed E-state index contributed by atoms with van der Waals surface area (Å²) in [6.45, 7) is 7.71. The molecule has 0 unspecified atom stereocenters. The van der Waals surface area contributed by atoms with Crippen molar-refractivity contribution < 1.29 is 0 Å². The van der Waals surface area contributed by atoms with Crippen molar-refractivity contribution in [1.29, 1.82) is 0 Å². The van der Waals surface area contributed by atoms with Crippen molar-refractivity contribution in [3.63, 3.8) is 0 Å². The Bertz CT molecular complexity index is 548. The van der Waals surface area contributed by atoms with Crippen LogP contribution in [0.15, 0.2) is 54.2 Å². The standard InChI is InChI=1S/C16H21N3S/c1-3-10-19-11-9-17-16(19)13-18-14-7-5-6-8-15(14)20-12-4-2/h4-9,11,18H,2-3,10,12-13H2,1H3. The summed E-state index contributed by atoms with van der Waals surface area (Å²) in [4.78, 5) is 5.67. The number of nitrogens with zero attached hydrogens (tertiary/aromatic N) is 2. The largest absolute Gasteiger partial charge is 0.377 e. The summed E-state index contributed by atoms with van der Waals surface area (Å²) in [5.74, 6) is 2.00. The zero-order valence-electron chi connectivity index (χ0n) is 11.9. The molecule has 0 aliphatic rings. The number of para-hydroxylation sites is 1.